The SMILES string of the molecule is CC1=NN(c2nc(-c3ccc(Cl)cc3)cs2)C(=O)/C1=C/c1ccc(Cl)cc1. The summed E-state index contributed by atoms with van der Waals surface area (Å²) >= 11 is 13.2. The van der Waals surface area contributed by atoms with Crippen LogP contribution in [0.15, 0.2) is 64.6 Å². The number of aromatic nitrogens is 1. The average molecular weight is 414 g/mol. The fraction of sp³-hybridized carbons (Fsp3) is 0.0500. The average Bonchev–Trinajstić information content (AvgIpc) is 3.24. The molecule has 1 amide bonds. The molecule has 0 N–H and O–H groups in total. The van der Waals surface area contributed by atoms with Crippen LogP contribution in [0.3, 0.4) is 0 Å². The van der Waals surface area contributed by atoms with Crippen molar-refractivity contribution in [2.45, 2.75) is 6.92 Å². The van der Waals surface area contributed by atoms with Gasteiger partial charge in [0.2, 0.25) is 5.13 Å². The molecular weight excluding hydrogens is 401 g/mol. The number of hydrogen-bond acceptors (Lipinski definition) is 4. The van der Waals surface area contributed by atoms with Gasteiger partial charge in [-0.1, -0.05) is 47.5 Å². The number of nitrogens with zero attached hydrogens (tertiary/aromatic N) is 3. The third kappa shape index (κ3) is 3.67. The van der Waals surface area contributed by atoms with Crippen molar-refractivity contribution < 1.29 is 4.79 Å². The summed E-state index contributed by atoms with van der Waals surface area (Å²) in [5, 5.41) is 9.49. The third-order valence-corrected chi connectivity index (χ3v) is 5.38. The van der Waals surface area contributed by atoms with Crippen LogP contribution in [0.25, 0.3) is 17.3 Å². The number of hydrogen-bond donors (Lipinski definition) is 0. The largest absolute Gasteiger partial charge is 0.282 e. The van der Waals surface area contributed by atoms with Crippen molar-refractivity contribution in [2.75, 3.05) is 5.01 Å². The van der Waals surface area contributed by atoms with E-state index in [1.54, 1.807) is 12.1 Å². The van der Waals surface area contributed by atoms with Crippen LogP contribution in [-0.2, 0) is 4.79 Å². The third-order valence-electron chi connectivity index (χ3n) is 4.06. The zero-order valence-corrected chi connectivity index (χ0v) is 16.5. The summed E-state index contributed by atoms with van der Waals surface area (Å²) in [5.41, 5.74) is 3.80. The highest BCUT2D eigenvalue weighted by molar-refractivity contribution is 7.14. The van der Waals surface area contributed by atoms with Gasteiger partial charge >= 0.3 is 0 Å². The summed E-state index contributed by atoms with van der Waals surface area (Å²) in [5.74, 6) is -0.195. The van der Waals surface area contributed by atoms with Crippen LogP contribution in [0.1, 0.15) is 12.5 Å². The molecule has 0 saturated heterocycles. The highest BCUT2D eigenvalue weighted by atomic mass is 35.5. The Kier molecular flexibility index (Phi) is 4.83. The van der Waals surface area contributed by atoms with Crippen LogP contribution < -0.4 is 5.01 Å². The molecule has 0 fully saturated rings. The van der Waals surface area contributed by atoms with Crippen molar-refractivity contribution in [1.82, 2.24) is 4.98 Å². The maximum Gasteiger partial charge on any atom is 0.282 e. The smallest absolute Gasteiger partial charge is 0.267 e. The van der Waals surface area contributed by atoms with Gasteiger partial charge in [0, 0.05) is 21.0 Å². The second kappa shape index (κ2) is 7.27. The molecule has 0 spiro atoms. The molecule has 0 aliphatic carbocycles. The Morgan fingerprint density at radius 2 is 1.63 bits per heavy atom. The summed E-state index contributed by atoms with van der Waals surface area (Å²) in [4.78, 5) is 17.4. The lowest BCUT2D eigenvalue weighted by atomic mass is 10.1. The molecule has 3 aromatic rings. The molecule has 134 valence electrons. The Bertz CT molecular complexity index is 1070. The Morgan fingerprint density at radius 1 is 1.00 bits per heavy atom. The molecule has 0 bridgehead atoms. The van der Waals surface area contributed by atoms with Crippen LogP contribution in [0.4, 0.5) is 5.13 Å². The fourth-order valence-electron chi connectivity index (χ4n) is 2.65. The van der Waals surface area contributed by atoms with Gasteiger partial charge in [-0.25, -0.2) is 4.98 Å². The number of anilines is 1. The number of thiazole rings is 1. The van der Waals surface area contributed by atoms with Crippen molar-refractivity contribution in [2.24, 2.45) is 5.10 Å². The highest BCUT2D eigenvalue weighted by Gasteiger charge is 2.30. The van der Waals surface area contributed by atoms with Crippen molar-refractivity contribution in [3.63, 3.8) is 0 Å². The van der Waals surface area contributed by atoms with Crippen LogP contribution in [0.2, 0.25) is 10.0 Å². The molecule has 0 radical (unpaired) electrons. The van der Waals surface area contributed by atoms with Crippen molar-refractivity contribution in [3.05, 3.63) is 75.1 Å². The molecule has 4 rings (SSSR count). The first-order valence-electron chi connectivity index (χ1n) is 8.10. The molecule has 1 aromatic heterocycles. The minimum absolute atomic E-state index is 0.195. The standard InChI is InChI=1S/C20H13Cl2N3OS/c1-12-17(10-13-2-6-15(21)7-3-13)19(26)25(24-12)20-23-18(11-27-20)14-4-8-16(22)9-5-14/h2-11H,1H3/b17-10+. The number of carbonyl (C=O) groups excluding carboxylic acids is 1. The van der Waals surface area contributed by atoms with E-state index >= 15 is 0 Å². The van der Waals surface area contributed by atoms with Gasteiger partial charge in [0.25, 0.3) is 5.91 Å². The van der Waals surface area contributed by atoms with Gasteiger partial charge in [-0.05, 0) is 42.8 Å². The molecule has 2 aromatic carbocycles. The first-order chi connectivity index (χ1) is 13.0. The van der Waals surface area contributed by atoms with E-state index in [9.17, 15) is 4.79 Å². The second-order valence-electron chi connectivity index (χ2n) is 5.93. The van der Waals surface area contributed by atoms with Crippen LogP contribution in [-0.4, -0.2) is 16.6 Å². The van der Waals surface area contributed by atoms with E-state index in [-0.39, 0.29) is 5.91 Å². The number of rotatable bonds is 3. The fourth-order valence-corrected chi connectivity index (χ4v) is 3.69. The van der Waals surface area contributed by atoms with Crippen LogP contribution in [0.5, 0.6) is 0 Å². The predicted molar refractivity (Wildman–Crippen MR) is 113 cm³/mol. The Balaban J connectivity index is 1.61. The summed E-state index contributed by atoms with van der Waals surface area (Å²) in [6.07, 6.45) is 1.81. The van der Waals surface area contributed by atoms with Crippen LogP contribution >= 0.6 is 34.5 Å². The maximum absolute atomic E-state index is 12.8. The van der Waals surface area contributed by atoms with E-state index in [2.05, 4.69) is 10.1 Å². The zero-order chi connectivity index (χ0) is 19.0. The quantitative estimate of drug-likeness (QED) is 0.499. The second-order valence-corrected chi connectivity index (χ2v) is 7.64. The molecule has 1 aliphatic heterocycles. The summed E-state index contributed by atoms with van der Waals surface area (Å²) < 4.78 is 0. The number of amides is 1. The minimum Gasteiger partial charge on any atom is -0.267 e. The number of halogens is 2. The Hall–Kier alpha value is -2.47. The van der Waals surface area contributed by atoms with E-state index < -0.39 is 0 Å². The first kappa shape index (κ1) is 17.9. The molecule has 0 unspecified atom stereocenters. The monoisotopic (exact) mass is 413 g/mol. The lowest BCUT2D eigenvalue weighted by molar-refractivity contribution is -0.114. The van der Waals surface area contributed by atoms with E-state index in [0.717, 1.165) is 16.8 Å². The molecule has 0 saturated carbocycles. The normalized spacial score (nSPS) is 15.5. The summed E-state index contributed by atoms with van der Waals surface area (Å²) in [6.45, 7) is 1.81. The number of benzene rings is 2. The van der Waals surface area contributed by atoms with Gasteiger partial charge in [0.05, 0.1) is 17.0 Å². The van der Waals surface area contributed by atoms with Crippen LogP contribution in [0, 0.1) is 0 Å². The summed E-state index contributed by atoms with van der Waals surface area (Å²) in [7, 11) is 0. The van der Waals surface area contributed by atoms with Gasteiger partial charge < -0.3 is 0 Å². The molecular formula is C20H13Cl2N3OS. The van der Waals surface area contributed by atoms with Crippen molar-refractivity contribution >= 4 is 57.4 Å². The minimum atomic E-state index is -0.195. The van der Waals surface area contributed by atoms with Crippen molar-refractivity contribution in [3.8, 4) is 11.3 Å². The molecule has 2 heterocycles. The maximum atomic E-state index is 12.8. The number of hydrazone groups is 1. The molecule has 27 heavy (non-hydrogen) atoms. The number of carbonyl (C=O) groups is 1. The highest BCUT2D eigenvalue weighted by Crippen LogP contribution is 2.32. The van der Waals surface area contributed by atoms with Crippen molar-refractivity contribution in [1.29, 1.82) is 0 Å². The molecule has 7 heteroatoms. The Labute approximate surface area is 170 Å². The lowest BCUT2D eigenvalue weighted by Gasteiger charge is -2.07. The first-order valence-corrected chi connectivity index (χ1v) is 9.73. The van der Waals surface area contributed by atoms with E-state index in [4.69, 9.17) is 23.2 Å². The van der Waals surface area contributed by atoms with E-state index in [1.165, 1.54) is 16.3 Å². The van der Waals surface area contributed by atoms with Gasteiger partial charge in [0.1, 0.15) is 0 Å². The molecule has 0 atom stereocenters. The van der Waals surface area contributed by atoms with Gasteiger partial charge in [0.15, 0.2) is 0 Å². The van der Waals surface area contributed by atoms with Gasteiger partial charge in [-0.3, -0.25) is 4.79 Å². The lowest BCUT2D eigenvalue weighted by Crippen LogP contribution is -2.21. The van der Waals surface area contributed by atoms with Gasteiger partial charge in [-0.15, -0.1) is 11.3 Å². The zero-order valence-electron chi connectivity index (χ0n) is 14.2. The van der Waals surface area contributed by atoms with E-state index in [0.29, 0.717) is 26.5 Å². The molecule has 4 nitrogen and oxygen atoms in total. The predicted octanol–water partition coefficient (Wildman–Crippen LogP) is 5.92. The van der Waals surface area contributed by atoms with Gasteiger partial charge in [-0.2, -0.15) is 10.1 Å². The summed E-state index contributed by atoms with van der Waals surface area (Å²) in [6, 6.07) is 14.7. The Morgan fingerprint density at radius 3 is 2.30 bits per heavy atom. The molecule has 1 aliphatic rings. The van der Waals surface area contributed by atoms with E-state index in [1.807, 2.05) is 54.8 Å². The topological polar surface area (TPSA) is 45.6 Å².